The zero-order valence-electron chi connectivity index (χ0n) is 14.9. The Balaban J connectivity index is 1.64. The zero-order chi connectivity index (χ0) is 19.6. The number of nitrogens with zero attached hydrogens (tertiary/aromatic N) is 2. The standard InChI is InChI=1S/C19H20BrFN2O3S/c1-14-2-7-18(17(20)12-14)27(25,26)23-10-8-22(9-11-23)19(24)13-15-3-5-16(21)6-4-15/h2-7,12H,8-11,13H2,1H3. The van der Waals surface area contributed by atoms with Gasteiger partial charge < -0.3 is 4.90 Å². The van der Waals surface area contributed by atoms with Gasteiger partial charge in [0, 0.05) is 30.7 Å². The third kappa shape index (κ3) is 4.56. The Labute approximate surface area is 167 Å². The Morgan fingerprint density at radius 1 is 1.07 bits per heavy atom. The molecule has 1 aliphatic heterocycles. The van der Waals surface area contributed by atoms with Crippen LogP contribution in [0.15, 0.2) is 51.8 Å². The number of benzene rings is 2. The van der Waals surface area contributed by atoms with Crippen molar-refractivity contribution in [3.8, 4) is 0 Å². The highest BCUT2D eigenvalue weighted by atomic mass is 79.9. The van der Waals surface area contributed by atoms with E-state index in [9.17, 15) is 17.6 Å². The maximum Gasteiger partial charge on any atom is 0.244 e. The summed E-state index contributed by atoms with van der Waals surface area (Å²) in [6.45, 7) is 3.06. The molecule has 2 aromatic carbocycles. The minimum atomic E-state index is -3.62. The van der Waals surface area contributed by atoms with Gasteiger partial charge in [0.25, 0.3) is 0 Å². The van der Waals surface area contributed by atoms with Crippen molar-refractivity contribution < 1.29 is 17.6 Å². The van der Waals surface area contributed by atoms with Crippen LogP contribution in [-0.4, -0.2) is 49.7 Å². The summed E-state index contributed by atoms with van der Waals surface area (Å²) < 4.78 is 40.7. The first-order valence-corrected chi connectivity index (χ1v) is 10.8. The molecule has 3 rings (SSSR count). The van der Waals surface area contributed by atoms with Crippen LogP contribution in [0.25, 0.3) is 0 Å². The number of piperazine rings is 1. The van der Waals surface area contributed by atoms with Crippen LogP contribution in [0.3, 0.4) is 0 Å². The van der Waals surface area contributed by atoms with E-state index in [1.165, 1.54) is 16.4 Å². The second-order valence-corrected chi connectivity index (χ2v) is 9.28. The van der Waals surface area contributed by atoms with E-state index in [4.69, 9.17) is 0 Å². The molecule has 1 amide bonds. The molecule has 0 bridgehead atoms. The number of carbonyl (C=O) groups is 1. The van der Waals surface area contributed by atoms with E-state index in [1.54, 1.807) is 35.2 Å². The maximum atomic E-state index is 13.0. The Bertz CT molecular complexity index is 940. The normalized spacial score (nSPS) is 15.7. The molecule has 8 heteroatoms. The number of sulfonamides is 1. The summed E-state index contributed by atoms with van der Waals surface area (Å²) in [5.74, 6) is -0.428. The molecular weight excluding hydrogens is 435 g/mol. The number of hydrogen-bond acceptors (Lipinski definition) is 3. The molecule has 0 radical (unpaired) electrons. The Hall–Kier alpha value is -1.77. The quantitative estimate of drug-likeness (QED) is 0.713. The van der Waals surface area contributed by atoms with Gasteiger partial charge in [0.1, 0.15) is 5.82 Å². The fourth-order valence-corrected chi connectivity index (χ4v) is 5.60. The van der Waals surface area contributed by atoms with Crippen molar-refractivity contribution >= 4 is 31.9 Å². The van der Waals surface area contributed by atoms with E-state index in [1.807, 2.05) is 6.92 Å². The van der Waals surface area contributed by atoms with E-state index in [2.05, 4.69) is 15.9 Å². The van der Waals surface area contributed by atoms with Crippen molar-refractivity contribution in [3.63, 3.8) is 0 Å². The first-order valence-electron chi connectivity index (χ1n) is 8.56. The second kappa shape index (κ2) is 8.08. The van der Waals surface area contributed by atoms with Crippen molar-refractivity contribution in [3.05, 3.63) is 63.9 Å². The van der Waals surface area contributed by atoms with Crippen LogP contribution in [0.1, 0.15) is 11.1 Å². The van der Waals surface area contributed by atoms with Crippen LogP contribution in [0.4, 0.5) is 4.39 Å². The molecule has 5 nitrogen and oxygen atoms in total. The highest BCUT2D eigenvalue weighted by Crippen LogP contribution is 2.26. The number of amides is 1. The smallest absolute Gasteiger partial charge is 0.244 e. The molecule has 0 atom stereocenters. The molecule has 1 aliphatic rings. The third-order valence-electron chi connectivity index (χ3n) is 4.57. The van der Waals surface area contributed by atoms with Crippen molar-refractivity contribution in [2.75, 3.05) is 26.2 Å². The molecule has 1 saturated heterocycles. The van der Waals surface area contributed by atoms with Gasteiger partial charge in [0.2, 0.25) is 15.9 Å². The lowest BCUT2D eigenvalue weighted by molar-refractivity contribution is -0.131. The van der Waals surface area contributed by atoms with E-state index >= 15 is 0 Å². The average Bonchev–Trinajstić information content (AvgIpc) is 2.63. The molecule has 1 heterocycles. The van der Waals surface area contributed by atoms with E-state index in [-0.39, 0.29) is 36.1 Å². The monoisotopic (exact) mass is 454 g/mol. The number of carbonyl (C=O) groups excluding carboxylic acids is 1. The molecule has 2 aromatic rings. The van der Waals surface area contributed by atoms with E-state index < -0.39 is 10.0 Å². The second-order valence-electron chi connectivity index (χ2n) is 6.52. The van der Waals surface area contributed by atoms with Gasteiger partial charge in [-0.15, -0.1) is 0 Å². The first-order chi connectivity index (χ1) is 12.8. The summed E-state index contributed by atoms with van der Waals surface area (Å²) in [6.07, 6.45) is 0.177. The van der Waals surface area contributed by atoms with Crippen LogP contribution in [-0.2, 0) is 21.2 Å². The van der Waals surface area contributed by atoms with Crippen LogP contribution in [0.5, 0.6) is 0 Å². The summed E-state index contributed by atoms with van der Waals surface area (Å²) in [5.41, 5.74) is 1.71. The molecule has 0 unspecified atom stereocenters. The van der Waals surface area contributed by atoms with Crippen molar-refractivity contribution in [1.82, 2.24) is 9.21 Å². The molecular formula is C19H20BrFN2O3S. The van der Waals surface area contributed by atoms with Crippen LogP contribution < -0.4 is 0 Å². The predicted octanol–water partition coefficient (Wildman–Crippen LogP) is 2.97. The third-order valence-corrected chi connectivity index (χ3v) is 7.44. The summed E-state index contributed by atoms with van der Waals surface area (Å²) in [4.78, 5) is 14.3. The first kappa shape index (κ1) is 20.0. The lowest BCUT2D eigenvalue weighted by atomic mass is 10.1. The maximum absolute atomic E-state index is 13.0. The topological polar surface area (TPSA) is 57.7 Å². The van der Waals surface area contributed by atoms with Crippen LogP contribution in [0.2, 0.25) is 0 Å². The van der Waals surface area contributed by atoms with Crippen molar-refractivity contribution in [2.24, 2.45) is 0 Å². The SMILES string of the molecule is Cc1ccc(S(=O)(=O)N2CCN(C(=O)Cc3ccc(F)cc3)CC2)c(Br)c1. The van der Waals surface area contributed by atoms with Gasteiger partial charge in [-0.05, 0) is 58.2 Å². The highest BCUT2D eigenvalue weighted by molar-refractivity contribution is 9.10. The summed E-state index contributed by atoms with van der Waals surface area (Å²) in [7, 11) is -3.62. The molecule has 0 N–H and O–H groups in total. The molecule has 0 aliphatic carbocycles. The van der Waals surface area contributed by atoms with E-state index in [0.29, 0.717) is 17.6 Å². The van der Waals surface area contributed by atoms with Gasteiger partial charge in [0.05, 0.1) is 11.3 Å². The fourth-order valence-electron chi connectivity index (χ4n) is 3.02. The van der Waals surface area contributed by atoms with Gasteiger partial charge in [-0.3, -0.25) is 4.79 Å². The highest BCUT2D eigenvalue weighted by Gasteiger charge is 2.31. The number of halogens is 2. The molecule has 0 spiro atoms. The predicted molar refractivity (Wildman–Crippen MR) is 104 cm³/mol. The van der Waals surface area contributed by atoms with Crippen molar-refractivity contribution in [1.29, 1.82) is 0 Å². The largest absolute Gasteiger partial charge is 0.340 e. The van der Waals surface area contributed by atoms with Crippen molar-refractivity contribution in [2.45, 2.75) is 18.2 Å². The number of rotatable bonds is 4. The average molecular weight is 455 g/mol. The molecule has 27 heavy (non-hydrogen) atoms. The molecule has 0 saturated carbocycles. The molecule has 0 aromatic heterocycles. The summed E-state index contributed by atoms with van der Waals surface area (Å²) in [5, 5.41) is 0. The fraction of sp³-hybridized carbons (Fsp3) is 0.316. The Morgan fingerprint density at radius 3 is 2.30 bits per heavy atom. The van der Waals surface area contributed by atoms with E-state index in [0.717, 1.165) is 11.1 Å². The van der Waals surface area contributed by atoms with Crippen LogP contribution >= 0.6 is 15.9 Å². The summed E-state index contributed by atoms with van der Waals surface area (Å²) in [6, 6.07) is 11.0. The van der Waals surface area contributed by atoms with Gasteiger partial charge in [-0.25, -0.2) is 12.8 Å². The van der Waals surface area contributed by atoms with Gasteiger partial charge >= 0.3 is 0 Å². The van der Waals surface area contributed by atoms with Crippen LogP contribution in [0, 0.1) is 12.7 Å². The number of hydrogen-bond donors (Lipinski definition) is 0. The Morgan fingerprint density at radius 2 is 1.70 bits per heavy atom. The Kier molecular flexibility index (Phi) is 5.98. The molecule has 144 valence electrons. The molecule has 1 fully saturated rings. The lowest BCUT2D eigenvalue weighted by Gasteiger charge is -2.34. The minimum Gasteiger partial charge on any atom is -0.340 e. The van der Waals surface area contributed by atoms with Gasteiger partial charge in [-0.2, -0.15) is 4.31 Å². The lowest BCUT2D eigenvalue weighted by Crippen LogP contribution is -2.50. The van der Waals surface area contributed by atoms with Gasteiger partial charge in [0.15, 0.2) is 0 Å². The summed E-state index contributed by atoms with van der Waals surface area (Å²) >= 11 is 3.33. The minimum absolute atomic E-state index is 0.0878. The number of aryl methyl sites for hydroxylation is 1. The van der Waals surface area contributed by atoms with Gasteiger partial charge in [-0.1, -0.05) is 18.2 Å². The zero-order valence-corrected chi connectivity index (χ0v) is 17.3.